The van der Waals surface area contributed by atoms with Gasteiger partial charge < -0.3 is 20.1 Å². The summed E-state index contributed by atoms with van der Waals surface area (Å²) in [5, 5.41) is 0. The number of hydrogen-bond acceptors (Lipinski definition) is 4. The van der Waals surface area contributed by atoms with Crippen molar-refractivity contribution >= 4 is 5.69 Å². The highest BCUT2D eigenvalue weighted by Gasteiger charge is 2.33. The lowest BCUT2D eigenvalue weighted by Crippen LogP contribution is -2.55. The SMILES string of the molecule is COc1ccccc1N1CC(CN)OC(C)(C)C1. The van der Waals surface area contributed by atoms with Crippen molar-refractivity contribution in [3.63, 3.8) is 0 Å². The van der Waals surface area contributed by atoms with Crippen LogP contribution in [0.25, 0.3) is 0 Å². The zero-order valence-corrected chi connectivity index (χ0v) is 11.3. The molecule has 0 amide bonds. The van der Waals surface area contributed by atoms with E-state index in [1.54, 1.807) is 7.11 Å². The normalized spacial score (nSPS) is 22.9. The maximum atomic E-state index is 5.94. The Morgan fingerprint density at radius 3 is 2.83 bits per heavy atom. The lowest BCUT2D eigenvalue weighted by molar-refractivity contribution is -0.0788. The van der Waals surface area contributed by atoms with Gasteiger partial charge in [-0.15, -0.1) is 0 Å². The molecule has 1 heterocycles. The average molecular weight is 250 g/mol. The zero-order valence-electron chi connectivity index (χ0n) is 11.3. The smallest absolute Gasteiger partial charge is 0.142 e. The first-order valence-corrected chi connectivity index (χ1v) is 6.31. The van der Waals surface area contributed by atoms with Gasteiger partial charge in [-0.05, 0) is 26.0 Å². The van der Waals surface area contributed by atoms with Crippen molar-refractivity contribution in [2.45, 2.75) is 25.6 Å². The number of ether oxygens (including phenoxy) is 2. The predicted octanol–water partition coefficient (Wildman–Crippen LogP) is 1.64. The van der Waals surface area contributed by atoms with Crippen LogP contribution in [0.3, 0.4) is 0 Å². The summed E-state index contributed by atoms with van der Waals surface area (Å²) in [4.78, 5) is 2.29. The van der Waals surface area contributed by atoms with Crippen molar-refractivity contribution < 1.29 is 9.47 Å². The highest BCUT2D eigenvalue weighted by atomic mass is 16.5. The Balaban J connectivity index is 2.26. The maximum absolute atomic E-state index is 5.94. The number of anilines is 1. The monoisotopic (exact) mass is 250 g/mol. The van der Waals surface area contributed by atoms with Gasteiger partial charge in [0.15, 0.2) is 0 Å². The van der Waals surface area contributed by atoms with Gasteiger partial charge in [-0.2, -0.15) is 0 Å². The van der Waals surface area contributed by atoms with Gasteiger partial charge in [0, 0.05) is 19.6 Å². The first kappa shape index (κ1) is 13.2. The van der Waals surface area contributed by atoms with Crippen molar-refractivity contribution in [3.8, 4) is 5.75 Å². The standard InChI is InChI=1S/C14H22N2O2/c1-14(2)10-16(9-11(8-15)18-14)12-6-4-5-7-13(12)17-3/h4-7,11H,8-10,15H2,1-3H3. The van der Waals surface area contributed by atoms with Crippen LogP contribution < -0.4 is 15.4 Å². The van der Waals surface area contributed by atoms with Crippen LogP contribution in [0.5, 0.6) is 5.75 Å². The largest absolute Gasteiger partial charge is 0.495 e. The number of hydrogen-bond donors (Lipinski definition) is 1. The molecule has 1 saturated heterocycles. The Morgan fingerprint density at radius 2 is 2.17 bits per heavy atom. The molecule has 1 aliphatic heterocycles. The van der Waals surface area contributed by atoms with Crippen molar-refractivity contribution in [1.82, 2.24) is 0 Å². The van der Waals surface area contributed by atoms with E-state index < -0.39 is 0 Å². The number of nitrogens with zero attached hydrogens (tertiary/aromatic N) is 1. The number of morpholine rings is 1. The molecule has 4 nitrogen and oxygen atoms in total. The number of rotatable bonds is 3. The third-order valence-corrected chi connectivity index (χ3v) is 3.17. The Bertz CT molecular complexity index is 407. The quantitative estimate of drug-likeness (QED) is 0.886. The molecule has 1 aromatic carbocycles. The summed E-state index contributed by atoms with van der Waals surface area (Å²) in [6.45, 7) is 6.37. The summed E-state index contributed by atoms with van der Waals surface area (Å²) in [5.41, 5.74) is 6.67. The molecule has 1 atom stereocenters. The molecule has 1 unspecified atom stereocenters. The maximum Gasteiger partial charge on any atom is 0.142 e. The van der Waals surface area contributed by atoms with Gasteiger partial charge in [0.1, 0.15) is 5.75 Å². The molecule has 1 aliphatic rings. The van der Waals surface area contributed by atoms with Crippen LogP contribution in [-0.4, -0.2) is 38.4 Å². The summed E-state index contributed by atoms with van der Waals surface area (Å²) >= 11 is 0. The van der Waals surface area contributed by atoms with E-state index in [1.165, 1.54) is 0 Å². The summed E-state index contributed by atoms with van der Waals surface area (Å²) < 4.78 is 11.4. The van der Waals surface area contributed by atoms with Gasteiger partial charge in [-0.25, -0.2) is 0 Å². The van der Waals surface area contributed by atoms with Crippen molar-refractivity contribution in [2.24, 2.45) is 5.73 Å². The second-order valence-corrected chi connectivity index (χ2v) is 5.29. The molecule has 0 radical (unpaired) electrons. The third kappa shape index (κ3) is 2.76. The summed E-state index contributed by atoms with van der Waals surface area (Å²) in [5.74, 6) is 0.894. The fourth-order valence-electron chi connectivity index (χ4n) is 2.49. The van der Waals surface area contributed by atoms with Crippen LogP contribution in [0.1, 0.15) is 13.8 Å². The van der Waals surface area contributed by atoms with Crippen molar-refractivity contribution in [3.05, 3.63) is 24.3 Å². The van der Waals surface area contributed by atoms with Crippen LogP contribution in [0, 0.1) is 0 Å². The second-order valence-electron chi connectivity index (χ2n) is 5.29. The lowest BCUT2D eigenvalue weighted by Gasteiger charge is -2.43. The van der Waals surface area contributed by atoms with E-state index in [2.05, 4.69) is 24.8 Å². The van der Waals surface area contributed by atoms with Gasteiger partial charge in [-0.1, -0.05) is 12.1 Å². The van der Waals surface area contributed by atoms with Crippen LogP contribution in [0.4, 0.5) is 5.69 Å². The Kier molecular flexibility index (Phi) is 3.78. The minimum Gasteiger partial charge on any atom is -0.495 e. The van der Waals surface area contributed by atoms with Crippen LogP contribution in [0.2, 0.25) is 0 Å². The van der Waals surface area contributed by atoms with E-state index in [9.17, 15) is 0 Å². The molecule has 2 rings (SSSR count). The number of para-hydroxylation sites is 2. The van der Waals surface area contributed by atoms with Crippen LogP contribution >= 0.6 is 0 Å². The van der Waals surface area contributed by atoms with E-state index in [4.69, 9.17) is 15.2 Å². The minimum atomic E-state index is -0.191. The molecule has 1 aromatic rings. The fraction of sp³-hybridized carbons (Fsp3) is 0.571. The van der Waals surface area contributed by atoms with Gasteiger partial charge in [0.2, 0.25) is 0 Å². The number of benzene rings is 1. The summed E-state index contributed by atoms with van der Waals surface area (Å²) in [6.07, 6.45) is 0.0682. The van der Waals surface area contributed by atoms with E-state index >= 15 is 0 Å². The first-order valence-electron chi connectivity index (χ1n) is 6.31. The van der Waals surface area contributed by atoms with Gasteiger partial charge in [0.25, 0.3) is 0 Å². The van der Waals surface area contributed by atoms with Gasteiger partial charge in [0.05, 0.1) is 24.5 Å². The zero-order chi connectivity index (χ0) is 13.2. The molecular weight excluding hydrogens is 228 g/mol. The lowest BCUT2D eigenvalue weighted by atomic mass is 10.0. The van der Waals surface area contributed by atoms with E-state index in [1.807, 2.05) is 18.2 Å². The fourth-order valence-corrected chi connectivity index (χ4v) is 2.49. The molecule has 0 saturated carbocycles. The molecule has 18 heavy (non-hydrogen) atoms. The second kappa shape index (κ2) is 5.16. The Hall–Kier alpha value is -1.26. The highest BCUT2D eigenvalue weighted by Crippen LogP contribution is 2.32. The van der Waals surface area contributed by atoms with E-state index in [-0.39, 0.29) is 11.7 Å². The van der Waals surface area contributed by atoms with Gasteiger partial charge in [-0.3, -0.25) is 0 Å². The third-order valence-electron chi connectivity index (χ3n) is 3.17. The molecule has 2 N–H and O–H groups in total. The molecule has 0 bridgehead atoms. The molecular formula is C14H22N2O2. The highest BCUT2D eigenvalue weighted by molar-refractivity contribution is 5.59. The van der Waals surface area contributed by atoms with Crippen molar-refractivity contribution in [1.29, 1.82) is 0 Å². The predicted molar refractivity (Wildman–Crippen MR) is 73.2 cm³/mol. The summed E-state index contributed by atoms with van der Waals surface area (Å²) in [6, 6.07) is 8.06. The molecule has 100 valence electrons. The summed E-state index contributed by atoms with van der Waals surface area (Å²) in [7, 11) is 1.70. The average Bonchev–Trinajstić information content (AvgIpc) is 2.36. The Morgan fingerprint density at radius 1 is 1.44 bits per heavy atom. The Labute approximate surface area is 109 Å². The first-order chi connectivity index (χ1) is 8.55. The van der Waals surface area contributed by atoms with Crippen LogP contribution in [0.15, 0.2) is 24.3 Å². The van der Waals surface area contributed by atoms with Gasteiger partial charge >= 0.3 is 0 Å². The number of methoxy groups -OCH3 is 1. The molecule has 0 aromatic heterocycles. The van der Waals surface area contributed by atoms with E-state index in [0.29, 0.717) is 6.54 Å². The van der Waals surface area contributed by atoms with Crippen LogP contribution in [-0.2, 0) is 4.74 Å². The minimum absolute atomic E-state index is 0.0682. The topological polar surface area (TPSA) is 47.7 Å². The molecule has 1 fully saturated rings. The molecule has 4 heteroatoms. The van der Waals surface area contributed by atoms with Crippen molar-refractivity contribution in [2.75, 3.05) is 31.6 Å². The molecule has 0 aliphatic carbocycles. The molecule has 0 spiro atoms. The van der Waals surface area contributed by atoms with E-state index in [0.717, 1.165) is 24.5 Å². The number of nitrogens with two attached hydrogens (primary N) is 1.